The number of nitrogens with zero attached hydrogens (tertiary/aromatic N) is 1. The van der Waals surface area contributed by atoms with Crippen molar-refractivity contribution < 1.29 is 8.22 Å². The lowest BCUT2D eigenvalue weighted by molar-refractivity contribution is 0.618. The first-order valence-corrected chi connectivity index (χ1v) is 11.9. The third-order valence-electron chi connectivity index (χ3n) is 3.17. The van der Waals surface area contributed by atoms with E-state index in [0.29, 0.717) is 0 Å². The summed E-state index contributed by atoms with van der Waals surface area (Å²) in [5.74, 6) is 0. The zero-order chi connectivity index (χ0) is 14.1. The second-order valence-corrected chi connectivity index (χ2v) is 11.3. The lowest BCUT2D eigenvalue weighted by Crippen LogP contribution is -2.15. The van der Waals surface area contributed by atoms with Crippen LogP contribution in [0.25, 0.3) is 0 Å². The molecule has 0 radical (unpaired) electrons. The third-order valence-corrected chi connectivity index (χ3v) is 9.72. The highest BCUT2D eigenvalue weighted by atomic mass is 31.2. The highest BCUT2D eigenvalue weighted by molar-refractivity contribution is 7.67. The SMILES string of the molecule is CCCCP(CCCC)(CCCC)=N[Si](C)(F)F. The molecule has 0 aliphatic carbocycles. The molecular formula is C13H30F2NPSi. The first-order valence-electron chi connectivity index (χ1n) is 7.37. The van der Waals surface area contributed by atoms with Gasteiger partial charge in [-0.15, -0.1) is 0 Å². The zero-order valence-corrected chi connectivity index (χ0v) is 14.4. The van der Waals surface area contributed by atoms with Crippen molar-refractivity contribution in [2.45, 2.75) is 65.8 Å². The van der Waals surface area contributed by atoms with Gasteiger partial charge in [0.15, 0.2) is 0 Å². The van der Waals surface area contributed by atoms with Crippen LogP contribution in [0.4, 0.5) is 8.22 Å². The molecule has 0 aromatic carbocycles. The van der Waals surface area contributed by atoms with Crippen molar-refractivity contribution in [1.29, 1.82) is 0 Å². The highest BCUT2D eigenvalue weighted by Crippen LogP contribution is 2.53. The Morgan fingerprint density at radius 1 is 0.833 bits per heavy atom. The number of unbranched alkanes of at least 4 members (excludes halogenated alkanes) is 3. The Balaban J connectivity index is 5.04. The Labute approximate surface area is 113 Å². The van der Waals surface area contributed by atoms with Gasteiger partial charge in [-0.25, -0.2) is 8.22 Å². The zero-order valence-electron chi connectivity index (χ0n) is 12.5. The fraction of sp³-hybridized carbons (Fsp3) is 1.00. The lowest BCUT2D eigenvalue weighted by atomic mass is 10.4. The predicted octanol–water partition coefficient (Wildman–Crippen LogP) is 6.10. The van der Waals surface area contributed by atoms with Crippen LogP contribution in [0.3, 0.4) is 0 Å². The Hall–Kier alpha value is 0.307. The van der Waals surface area contributed by atoms with Crippen molar-refractivity contribution in [3.8, 4) is 0 Å². The van der Waals surface area contributed by atoms with Gasteiger partial charge < -0.3 is 0 Å². The maximum Gasteiger partial charge on any atom is 0.550 e. The van der Waals surface area contributed by atoms with E-state index in [-0.39, 0.29) is 0 Å². The maximum absolute atomic E-state index is 13.5. The Kier molecular flexibility index (Phi) is 9.41. The summed E-state index contributed by atoms with van der Waals surface area (Å²) < 4.78 is 31.2. The van der Waals surface area contributed by atoms with Crippen LogP contribution < -0.4 is 0 Å². The molecule has 0 saturated carbocycles. The lowest BCUT2D eigenvalue weighted by Gasteiger charge is -2.26. The second kappa shape index (κ2) is 9.25. The van der Waals surface area contributed by atoms with Gasteiger partial charge in [-0.05, 0) is 44.8 Å². The normalized spacial score (nSPS) is 12.8. The van der Waals surface area contributed by atoms with Crippen LogP contribution in [0.2, 0.25) is 6.55 Å². The smallest absolute Gasteiger partial charge is 0.278 e. The standard InChI is InChI=1S/C13H30F2NPSi/c1-5-8-11-17(12-9-6-2,13-10-7-3)16-18(4,14)15/h5-13H2,1-4H3. The van der Waals surface area contributed by atoms with Gasteiger partial charge in [-0.3, -0.25) is 4.41 Å². The fourth-order valence-electron chi connectivity index (χ4n) is 2.22. The number of halogens is 2. The van der Waals surface area contributed by atoms with Crippen molar-refractivity contribution in [2.24, 2.45) is 4.41 Å². The number of hydrogen-bond acceptors (Lipinski definition) is 1. The first kappa shape index (κ1) is 18.3. The molecule has 0 spiro atoms. The largest absolute Gasteiger partial charge is 0.550 e. The molecule has 110 valence electrons. The van der Waals surface area contributed by atoms with Gasteiger partial charge in [0, 0.05) is 6.55 Å². The van der Waals surface area contributed by atoms with Crippen molar-refractivity contribution in [1.82, 2.24) is 0 Å². The minimum absolute atomic E-state index is 0.958. The highest BCUT2D eigenvalue weighted by Gasteiger charge is 2.32. The average Bonchev–Trinajstić information content (AvgIpc) is 2.29. The van der Waals surface area contributed by atoms with Gasteiger partial charge in [0.05, 0.1) is 0 Å². The van der Waals surface area contributed by atoms with Gasteiger partial charge in [-0.2, -0.15) is 0 Å². The molecule has 0 saturated heterocycles. The van der Waals surface area contributed by atoms with E-state index in [1.165, 1.54) is 0 Å². The van der Waals surface area contributed by atoms with Crippen molar-refractivity contribution in [3.63, 3.8) is 0 Å². The summed E-state index contributed by atoms with van der Waals surface area (Å²) in [5, 5.41) is 0. The van der Waals surface area contributed by atoms with E-state index >= 15 is 0 Å². The predicted molar refractivity (Wildman–Crippen MR) is 82.5 cm³/mol. The molecule has 0 heterocycles. The summed E-state index contributed by atoms with van der Waals surface area (Å²) in [7, 11) is -6.00. The molecule has 0 aromatic rings. The van der Waals surface area contributed by atoms with Crippen LogP contribution in [-0.4, -0.2) is 27.4 Å². The first-order chi connectivity index (χ1) is 8.39. The van der Waals surface area contributed by atoms with Crippen molar-refractivity contribution in [2.75, 3.05) is 18.5 Å². The molecule has 0 bridgehead atoms. The average molecular weight is 297 g/mol. The van der Waals surface area contributed by atoms with Crippen LogP contribution >= 0.6 is 7.05 Å². The topological polar surface area (TPSA) is 12.4 Å². The van der Waals surface area contributed by atoms with Crippen LogP contribution in [-0.2, 0) is 0 Å². The fourth-order valence-corrected chi connectivity index (χ4v) is 9.78. The van der Waals surface area contributed by atoms with Gasteiger partial charge in [0.1, 0.15) is 0 Å². The van der Waals surface area contributed by atoms with Crippen LogP contribution in [0.1, 0.15) is 59.3 Å². The molecule has 1 nitrogen and oxygen atoms in total. The molecule has 0 atom stereocenters. The van der Waals surface area contributed by atoms with E-state index in [9.17, 15) is 8.22 Å². The summed E-state index contributed by atoms with van der Waals surface area (Å²) in [6.45, 7) is 7.49. The molecule has 0 aliphatic heterocycles. The van der Waals surface area contributed by atoms with Gasteiger partial charge in [-0.1, -0.05) is 40.0 Å². The maximum atomic E-state index is 13.5. The molecule has 0 unspecified atom stereocenters. The Bertz CT molecular complexity index is 236. The summed E-state index contributed by atoms with van der Waals surface area (Å²) >= 11 is 0. The Morgan fingerprint density at radius 2 is 1.17 bits per heavy atom. The van der Waals surface area contributed by atoms with Crippen LogP contribution in [0, 0.1) is 0 Å². The van der Waals surface area contributed by atoms with E-state index in [1.807, 2.05) is 0 Å². The quantitative estimate of drug-likeness (QED) is 0.262. The van der Waals surface area contributed by atoms with Crippen LogP contribution in [0.5, 0.6) is 0 Å². The van der Waals surface area contributed by atoms with Crippen molar-refractivity contribution in [3.05, 3.63) is 0 Å². The monoisotopic (exact) mass is 297 g/mol. The van der Waals surface area contributed by atoms with E-state index in [4.69, 9.17) is 0 Å². The molecule has 0 aromatic heterocycles. The number of rotatable bonds is 10. The molecule has 0 aliphatic rings. The van der Waals surface area contributed by atoms with Crippen LogP contribution in [0.15, 0.2) is 4.41 Å². The molecule has 18 heavy (non-hydrogen) atoms. The molecule has 0 rings (SSSR count). The van der Waals surface area contributed by atoms with Crippen molar-refractivity contribution >= 4 is 16.0 Å². The van der Waals surface area contributed by atoms with E-state index in [0.717, 1.165) is 63.6 Å². The molecule has 0 fully saturated rings. The van der Waals surface area contributed by atoms with E-state index in [1.54, 1.807) is 0 Å². The molecule has 0 amide bonds. The van der Waals surface area contributed by atoms with Gasteiger partial charge in [0.25, 0.3) is 0 Å². The molecule has 5 heteroatoms. The van der Waals surface area contributed by atoms with E-state index in [2.05, 4.69) is 25.2 Å². The summed E-state index contributed by atoms with van der Waals surface area (Å²) in [6.07, 6.45) is 9.34. The summed E-state index contributed by atoms with van der Waals surface area (Å²) in [4.78, 5) is 0. The van der Waals surface area contributed by atoms with Gasteiger partial charge in [0.2, 0.25) is 0 Å². The molecular weight excluding hydrogens is 267 g/mol. The number of hydrogen-bond donors (Lipinski definition) is 0. The molecule has 0 N–H and O–H groups in total. The minimum atomic E-state index is -4.27. The minimum Gasteiger partial charge on any atom is -0.278 e. The Morgan fingerprint density at radius 3 is 1.39 bits per heavy atom. The second-order valence-electron chi connectivity index (χ2n) is 5.27. The third kappa shape index (κ3) is 8.42. The van der Waals surface area contributed by atoms with Gasteiger partial charge >= 0.3 is 8.90 Å². The summed E-state index contributed by atoms with van der Waals surface area (Å²) in [5.41, 5.74) is 0. The summed E-state index contributed by atoms with van der Waals surface area (Å²) in [6, 6.07) is 0. The van der Waals surface area contributed by atoms with E-state index < -0.39 is 16.0 Å².